The van der Waals surface area contributed by atoms with Gasteiger partial charge < -0.3 is 5.32 Å². The van der Waals surface area contributed by atoms with Crippen molar-refractivity contribution in [2.75, 3.05) is 0 Å². The van der Waals surface area contributed by atoms with Crippen molar-refractivity contribution in [3.05, 3.63) is 35.4 Å². The highest BCUT2D eigenvalue weighted by molar-refractivity contribution is 6.22. The third-order valence-electron chi connectivity index (χ3n) is 3.56. The van der Waals surface area contributed by atoms with Crippen LogP contribution in [0.4, 0.5) is 0 Å². The van der Waals surface area contributed by atoms with Crippen LogP contribution in [0.15, 0.2) is 24.3 Å². The summed E-state index contributed by atoms with van der Waals surface area (Å²) >= 11 is 0. The second kappa shape index (κ2) is 5.47. The minimum Gasteiger partial charge on any atom is -0.345 e. The van der Waals surface area contributed by atoms with Gasteiger partial charge >= 0.3 is 0 Å². The molecular weight excluding hydrogens is 272 g/mol. The molecule has 6 heteroatoms. The van der Waals surface area contributed by atoms with E-state index in [-0.39, 0.29) is 5.78 Å². The number of carbonyl (C=O) groups is 4. The van der Waals surface area contributed by atoms with Gasteiger partial charge in [0.1, 0.15) is 6.04 Å². The Hall–Kier alpha value is -2.50. The van der Waals surface area contributed by atoms with E-state index >= 15 is 0 Å². The van der Waals surface area contributed by atoms with E-state index in [1.807, 2.05) is 0 Å². The first-order chi connectivity index (χ1) is 9.84. The monoisotopic (exact) mass is 288 g/mol. The largest absolute Gasteiger partial charge is 0.345 e. The summed E-state index contributed by atoms with van der Waals surface area (Å²) < 4.78 is 0. The highest BCUT2D eigenvalue weighted by Crippen LogP contribution is 2.24. The van der Waals surface area contributed by atoms with Crippen LogP contribution in [0.3, 0.4) is 0 Å². The van der Waals surface area contributed by atoms with E-state index in [1.165, 1.54) is 13.8 Å². The predicted octanol–water partition coefficient (Wildman–Crippen LogP) is 0.765. The molecule has 0 fully saturated rings. The van der Waals surface area contributed by atoms with Gasteiger partial charge in [0.25, 0.3) is 11.8 Å². The standard InChI is InChI=1S/C15H16N2O4/c1-8(10(3)18)16-13(19)9(2)17-14(20)11-6-4-5-7-12(11)15(17)21/h4-9H,1-3H3,(H,16,19)/t8-,9-/m0/s1. The van der Waals surface area contributed by atoms with Crippen molar-refractivity contribution in [2.45, 2.75) is 32.9 Å². The second-order valence-electron chi connectivity index (χ2n) is 5.04. The Morgan fingerprint density at radius 1 is 1.05 bits per heavy atom. The third kappa shape index (κ3) is 2.56. The molecule has 1 aromatic rings. The van der Waals surface area contributed by atoms with Crippen LogP contribution < -0.4 is 5.32 Å². The average molecular weight is 288 g/mol. The molecule has 2 rings (SSSR count). The molecule has 0 unspecified atom stereocenters. The van der Waals surface area contributed by atoms with Crippen LogP contribution in [0.2, 0.25) is 0 Å². The van der Waals surface area contributed by atoms with Crippen LogP contribution in [-0.2, 0) is 9.59 Å². The maximum absolute atomic E-state index is 12.2. The summed E-state index contributed by atoms with van der Waals surface area (Å²) in [5.74, 6) is -1.72. The first-order valence-electron chi connectivity index (χ1n) is 6.62. The minimum atomic E-state index is -0.973. The molecule has 110 valence electrons. The Balaban J connectivity index is 2.20. The molecule has 21 heavy (non-hydrogen) atoms. The zero-order valence-electron chi connectivity index (χ0n) is 12.0. The fraction of sp³-hybridized carbons (Fsp3) is 0.333. The quantitative estimate of drug-likeness (QED) is 0.829. The molecule has 0 saturated carbocycles. The van der Waals surface area contributed by atoms with Gasteiger partial charge in [-0.05, 0) is 32.9 Å². The van der Waals surface area contributed by atoms with Crippen LogP contribution in [0.1, 0.15) is 41.5 Å². The number of benzene rings is 1. The Morgan fingerprint density at radius 3 is 1.95 bits per heavy atom. The number of imide groups is 1. The summed E-state index contributed by atoms with van der Waals surface area (Å²) in [5.41, 5.74) is 0.587. The van der Waals surface area contributed by atoms with E-state index in [0.29, 0.717) is 11.1 Å². The predicted molar refractivity (Wildman–Crippen MR) is 74.7 cm³/mol. The lowest BCUT2D eigenvalue weighted by molar-refractivity contribution is -0.128. The first kappa shape index (κ1) is 14.9. The molecule has 1 aliphatic heterocycles. The number of hydrogen-bond donors (Lipinski definition) is 1. The number of amides is 3. The van der Waals surface area contributed by atoms with Gasteiger partial charge in [0.2, 0.25) is 5.91 Å². The molecule has 0 spiro atoms. The Labute approximate surface area is 122 Å². The molecular formula is C15H16N2O4. The first-order valence-corrected chi connectivity index (χ1v) is 6.62. The Morgan fingerprint density at radius 2 is 1.52 bits per heavy atom. The smallest absolute Gasteiger partial charge is 0.262 e. The van der Waals surface area contributed by atoms with Gasteiger partial charge in [0.15, 0.2) is 5.78 Å². The fourth-order valence-electron chi connectivity index (χ4n) is 2.11. The highest BCUT2D eigenvalue weighted by Gasteiger charge is 2.40. The number of carbonyl (C=O) groups excluding carboxylic acids is 4. The van der Waals surface area contributed by atoms with E-state index in [1.54, 1.807) is 31.2 Å². The highest BCUT2D eigenvalue weighted by atomic mass is 16.2. The van der Waals surface area contributed by atoms with E-state index in [0.717, 1.165) is 4.90 Å². The Bertz CT molecular complexity index is 603. The number of nitrogens with zero attached hydrogens (tertiary/aromatic N) is 1. The van der Waals surface area contributed by atoms with Gasteiger partial charge in [-0.3, -0.25) is 24.1 Å². The number of rotatable bonds is 4. The lowest BCUT2D eigenvalue weighted by Crippen LogP contribution is -2.51. The summed E-state index contributed by atoms with van der Waals surface area (Å²) in [6, 6.07) is 4.80. The molecule has 2 atom stereocenters. The average Bonchev–Trinajstić information content (AvgIpc) is 2.70. The van der Waals surface area contributed by atoms with Gasteiger partial charge in [0, 0.05) is 0 Å². The van der Waals surface area contributed by atoms with Crippen molar-refractivity contribution in [3.8, 4) is 0 Å². The van der Waals surface area contributed by atoms with Crippen LogP contribution in [0, 0.1) is 0 Å². The minimum absolute atomic E-state index is 0.196. The van der Waals surface area contributed by atoms with Crippen molar-refractivity contribution in [3.63, 3.8) is 0 Å². The normalized spacial score (nSPS) is 16.4. The van der Waals surface area contributed by atoms with Gasteiger partial charge in [-0.2, -0.15) is 0 Å². The molecule has 1 aliphatic rings. The van der Waals surface area contributed by atoms with Crippen molar-refractivity contribution in [1.29, 1.82) is 0 Å². The van der Waals surface area contributed by atoms with E-state index in [2.05, 4.69) is 5.32 Å². The second-order valence-corrected chi connectivity index (χ2v) is 5.04. The summed E-state index contributed by atoms with van der Waals surface area (Å²) in [7, 11) is 0. The third-order valence-corrected chi connectivity index (χ3v) is 3.56. The zero-order valence-corrected chi connectivity index (χ0v) is 12.0. The molecule has 6 nitrogen and oxygen atoms in total. The van der Waals surface area contributed by atoms with Gasteiger partial charge in [-0.25, -0.2) is 0 Å². The lowest BCUT2D eigenvalue weighted by atomic mass is 10.1. The lowest BCUT2D eigenvalue weighted by Gasteiger charge is -2.23. The molecule has 1 N–H and O–H groups in total. The number of fused-ring (bicyclic) bond motifs is 1. The molecule has 0 radical (unpaired) electrons. The number of Topliss-reactive ketones (excluding diaryl/α,β-unsaturated/α-hetero) is 1. The van der Waals surface area contributed by atoms with Gasteiger partial charge in [0.05, 0.1) is 17.2 Å². The summed E-state index contributed by atoms with van der Waals surface area (Å²) in [6.07, 6.45) is 0. The zero-order chi connectivity index (χ0) is 15.7. The number of ketones is 1. The van der Waals surface area contributed by atoms with E-state index < -0.39 is 29.8 Å². The molecule has 0 bridgehead atoms. The SMILES string of the molecule is CC(=O)[C@H](C)NC(=O)[C@H](C)N1C(=O)c2ccccc2C1=O. The molecule has 0 saturated heterocycles. The molecule has 1 aromatic carbocycles. The summed E-state index contributed by atoms with van der Waals surface area (Å²) in [4.78, 5) is 48.6. The molecule has 1 heterocycles. The number of hydrogen-bond acceptors (Lipinski definition) is 4. The van der Waals surface area contributed by atoms with E-state index in [9.17, 15) is 19.2 Å². The van der Waals surface area contributed by atoms with Crippen LogP contribution in [-0.4, -0.2) is 40.5 Å². The van der Waals surface area contributed by atoms with Crippen molar-refractivity contribution < 1.29 is 19.2 Å². The van der Waals surface area contributed by atoms with E-state index in [4.69, 9.17) is 0 Å². The van der Waals surface area contributed by atoms with Gasteiger partial charge in [-0.15, -0.1) is 0 Å². The van der Waals surface area contributed by atoms with Gasteiger partial charge in [-0.1, -0.05) is 12.1 Å². The van der Waals surface area contributed by atoms with Crippen LogP contribution in [0.25, 0.3) is 0 Å². The maximum Gasteiger partial charge on any atom is 0.262 e. The Kier molecular flexibility index (Phi) is 3.88. The van der Waals surface area contributed by atoms with Crippen molar-refractivity contribution in [1.82, 2.24) is 10.2 Å². The van der Waals surface area contributed by atoms with Crippen molar-refractivity contribution in [2.24, 2.45) is 0 Å². The molecule has 3 amide bonds. The molecule has 0 aliphatic carbocycles. The molecule has 0 aromatic heterocycles. The van der Waals surface area contributed by atoms with Crippen LogP contribution in [0.5, 0.6) is 0 Å². The number of nitrogens with one attached hydrogen (secondary N) is 1. The summed E-state index contributed by atoms with van der Waals surface area (Å²) in [5, 5.41) is 2.49. The summed E-state index contributed by atoms with van der Waals surface area (Å²) in [6.45, 7) is 4.37. The topological polar surface area (TPSA) is 83.6 Å². The van der Waals surface area contributed by atoms with Crippen LogP contribution >= 0.6 is 0 Å². The fourth-order valence-corrected chi connectivity index (χ4v) is 2.11. The van der Waals surface area contributed by atoms with Crippen molar-refractivity contribution >= 4 is 23.5 Å². The maximum atomic E-state index is 12.2.